The summed E-state index contributed by atoms with van der Waals surface area (Å²) in [6, 6.07) is 6.84. The van der Waals surface area contributed by atoms with Crippen molar-refractivity contribution in [2.45, 2.75) is 13.8 Å². The molecular weight excluding hydrogens is 242 g/mol. The number of hydrogen-bond donors (Lipinski definition) is 1. The molecule has 0 aliphatic rings. The molecular formula is C14H15N3O2. The highest BCUT2D eigenvalue weighted by atomic mass is 16.2. The first-order chi connectivity index (χ1) is 8.97. The standard InChI is InChI=1S/C14H15N3O2/c1-9-8-17(3)16-13(9)14(19)15-12-6-4-5-11(7-12)10(2)18/h4-8H,1-3H3,(H,15,19). The summed E-state index contributed by atoms with van der Waals surface area (Å²) in [6.45, 7) is 3.32. The van der Waals surface area contributed by atoms with Crippen molar-refractivity contribution in [1.82, 2.24) is 9.78 Å². The van der Waals surface area contributed by atoms with Gasteiger partial charge in [-0.3, -0.25) is 14.3 Å². The number of Topliss-reactive ketones (excluding diaryl/α,β-unsaturated/α-hetero) is 1. The molecule has 0 atom stereocenters. The molecule has 2 rings (SSSR count). The number of ketones is 1. The molecule has 1 amide bonds. The summed E-state index contributed by atoms with van der Waals surface area (Å²) in [4.78, 5) is 23.3. The number of nitrogens with one attached hydrogen (secondary N) is 1. The van der Waals surface area contributed by atoms with Crippen LogP contribution in [0.2, 0.25) is 0 Å². The van der Waals surface area contributed by atoms with Gasteiger partial charge in [0.25, 0.3) is 5.91 Å². The van der Waals surface area contributed by atoms with E-state index in [0.717, 1.165) is 5.56 Å². The minimum absolute atomic E-state index is 0.0369. The molecule has 0 aliphatic heterocycles. The number of benzene rings is 1. The predicted molar refractivity (Wildman–Crippen MR) is 72.3 cm³/mol. The second kappa shape index (κ2) is 5.06. The number of aryl methyl sites for hydroxylation is 2. The van der Waals surface area contributed by atoms with E-state index in [1.54, 1.807) is 42.2 Å². The Kier molecular flexibility index (Phi) is 3.46. The third-order valence-electron chi connectivity index (χ3n) is 2.75. The molecule has 0 radical (unpaired) electrons. The fraction of sp³-hybridized carbons (Fsp3) is 0.214. The molecule has 19 heavy (non-hydrogen) atoms. The van der Waals surface area contributed by atoms with E-state index in [0.29, 0.717) is 16.9 Å². The molecule has 0 fully saturated rings. The molecule has 0 saturated heterocycles. The summed E-state index contributed by atoms with van der Waals surface area (Å²) in [5.41, 5.74) is 2.34. The van der Waals surface area contributed by atoms with Gasteiger partial charge in [-0.15, -0.1) is 0 Å². The predicted octanol–water partition coefficient (Wildman–Crippen LogP) is 2.18. The summed E-state index contributed by atoms with van der Waals surface area (Å²) in [6.07, 6.45) is 1.78. The van der Waals surface area contributed by atoms with Gasteiger partial charge in [0.15, 0.2) is 11.5 Å². The van der Waals surface area contributed by atoms with Crippen LogP contribution in [0.1, 0.15) is 33.3 Å². The van der Waals surface area contributed by atoms with Crippen LogP contribution in [0.5, 0.6) is 0 Å². The summed E-state index contributed by atoms with van der Waals surface area (Å²) in [5, 5.41) is 6.84. The van der Waals surface area contributed by atoms with Gasteiger partial charge in [0, 0.05) is 30.1 Å². The summed E-state index contributed by atoms with van der Waals surface area (Å²) in [5.74, 6) is -0.316. The van der Waals surface area contributed by atoms with Gasteiger partial charge < -0.3 is 5.32 Å². The molecule has 0 spiro atoms. The number of anilines is 1. The zero-order valence-corrected chi connectivity index (χ0v) is 11.1. The highest BCUT2D eigenvalue weighted by molar-refractivity contribution is 6.04. The summed E-state index contributed by atoms with van der Waals surface area (Å²) in [7, 11) is 1.76. The number of aromatic nitrogens is 2. The largest absolute Gasteiger partial charge is 0.321 e. The molecule has 1 aromatic heterocycles. The topological polar surface area (TPSA) is 64.0 Å². The van der Waals surface area contributed by atoms with Crippen LogP contribution in [0.25, 0.3) is 0 Å². The van der Waals surface area contributed by atoms with Crippen LogP contribution in [0.4, 0.5) is 5.69 Å². The van der Waals surface area contributed by atoms with Gasteiger partial charge in [-0.1, -0.05) is 12.1 Å². The molecule has 98 valence electrons. The van der Waals surface area contributed by atoms with Crippen LogP contribution in [-0.4, -0.2) is 21.5 Å². The maximum atomic E-state index is 12.1. The van der Waals surface area contributed by atoms with E-state index in [4.69, 9.17) is 0 Å². The first kappa shape index (κ1) is 13.0. The Morgan fingerprint density at radius 2 is 2.05 bits per heavy atom. The van der Waals surface area contributed by atoms with Gasteiger partial charge in [0.05, 0.1) is 0 Å². The third kappa shape index (κ3) is 2.88. The molecule has 2 aromatic rings. The second-order valence-corrected chi connectivity index (χ2v) is 4.43. The fourth-order valence-electron chi connectivity index (χ4n) is 1.84. The van der Waals surface area contributed by atoms with Gasteiger partial charge in [-0.05, 0) is 26.0 Å². The zero-order chi connectivity index (χ0) is 14.0. The molecule has 0 bridgehead atoms. The smallest absolute Gasteiger partial charge is 0.276 e. The number of hydrogen-bond acceptors (Lipinski definition) is 3. The van der Waals surface area contributed by atoms with Crippen molar-refractivity contribution < 1.29 is 9.59 Å². The van der Waals surface area contributed by atoms with Gasteiger partial charge in [0.2, 0.25) is 0 Å². The Bertz CT molecular complexity index is 644. The third-order valence-corrected chi connectivity index (χ3v) is 2.75. The molecule has 1 heterocycles. The average Bonchev–Trinajstić information content (AvgIpc) is 2.69. The van der Waals surface area contributed by atoms with Crippen LogP contribution >= 0.6 is 0 Å². The summed E-state index contributed by atoms with van der Waals surface area (Å²) < 4.78 is 1.59. The minimum Gasteiger partial charge on any atom is -0.321 e. The van der Waals surface area contributed by atoms with Crippen molar-refractivity contribution in [2.24, 2.45) is 7.05 Å². The fourth-order valence-corrected chi connectivity index (χ4v) is 1.84. The zero-order valence-electron chi connectivity index (χ0n) is 11.1. The Morgan fingerprint density at radius 1 is 1.32 bits per heavy atom. The lowest BCUT2D eigenvalue weighted by atomic mass is 10.1. The van der Waals surface area contributed by atoms with E-state index in [9.17, 15) is 9.59 Å². The van der Waals surface area contributed by atoms with E-state index in [-0.39, 0.29) is 11.7 Å². The van der Waals surface area contributed by atoms with Gasteiger partial charge in [0.1, 0.15) is 0 Å². The molecule has 0 unspecified atom stereocenters. The van der Waals surface area contributed by atoms with E-state index < -0.39 is 0 Å². The van der Waals surface area contributed by atoms with Crippen LogP contribution in [0.15, 0.2) is 30.5 Å². The van der Waals surface area contributed by atoms with Gasteiger partial charge >= 0.3 is 0 Å². The Hall–Kier alpha value is -2.43. The van der Waals surface area contributed by atoms with Crippen molar-refractivity contribution in [3.63, 3.8) is 0 Å². The lowest BCUT2D eigenvalue weighted by Gasteiger charge is -2.05. The molecule has 5 nitrogen and oxygen atoms in total. The first-order valence-corrected chi connectivity index (χ1v) is 5.90. The Morgan fingerprint density at radius 3 is 2.63 bits per heavy atom. The molecule has 0 saturated carbocycles. The number of rotatable bonds is 3. The van der Waals surface area contributed by atoms with E-state index in [1.807, 2.05) is 6.92 Å². The Labute approximate surface area is 111 Å². The van der Waals surface area contributed by atoms with Gasteiger partial charge in [-0.25, -0.2) is 0 Å². The molecule has 5 heteroatoms. The molecule has 1 aromatic carbocycles. The van der Waals surface area contributed by atoms with Crippen molar-refractivity contribution >= 4 is 17.4 Å². The second-order valence-electron chi connectivity index (χ2n) is 4.43. The van der Waals surface area contributed by atoms with Gasteiger partial charge in [-0.2, -0.15) is 5.10 Å². The Balaban J connectivity index is 2.21. The highest BCUT2D eigenvalue weighted by Crippen LogP contribution is 2.13. The van der Waals surface area contributed by atoms with E-state index in [1.165, 1.54) is 6.92 Å². The van der Waals surface area contributed by atoms with Crippen LogP contribution in [-0.2, 0) is 7.05 Å². The van der Waals surface area contributed by atoms with Crippen molar-refractivity contribution in [3.05, 3.63) is 47.3 Å². The van der Waals surface area contributed by atoms with E-state index in [2.05, 4.69) is 10.4 Å². The van der Waals surface area contributed by atoms with Crippen molar-refractivity contribution in [1.29, 1.82) is 0 Å². The summed E-state index contributed by atoms with van der Waals surface area (Å²) >= 11 is 0. The lowest BCUT2D eigenvalue weighted by Crippen LogP contribution is -2.14. The first-order valence-electron chi connectivity index (χ1n) is 5.90. The molecule has 1 N–H and O–H groups in total. The van der Waals surface area contributed by atoms with Crippen LogP contribution in [0.3, 0.4) is 0 Å². The SMILES string of the molecule is CC(=O)c1cccc(NC(=O)c2nn(C)cc2C)c1. The number of carbonyl (C=O) groups is 2. The average molecular weight is 257 g/mol. The molecule has 0 aliphatic carbocycles. The van der Waals surface area contributed by atoms with Crippen LogP contribution < -0.4 is 5.32 Å². The van der Waals surface area contributed by atoms with E-state index >= 15 is 0 Å². The van der Waals surface area contributed by atoms with Crippen molar-refractivity contribution in [3.8, 4) is 0 Å². The monoisotopic (exact) mass is 257 g/mol. The number of carbonyl (C=O) groups excluding carboxylic acids is 2. The maximum absolute atomic E-state index is 12.1. The maximum Gasteiger partial charge on any atom is 0.276 e. The normalized spacial score (nSPS) is 10.3. The highest BCUT2D eigenvalue weighted by Gasteiger charge is 2.13. The lowest BCUT2D eigenvalue weighted by molar-refractivity contribution is 0.100. The quantitative estimate of drug-likeness (QED) is 0.857. The minimum atomic E-state index is -0.279. The van der Waals surface area contributed by atoms with Crippen molar-refractivity contribution in [2.75, 3.05) is 5.32 Å². The number of amides is 1. The number of nitrogens with zero attached hydrogens (tertiary/aromatic N) is 2. The van der Waals surface area contributed by atoms with Crippen LogP contribution in [0, 0.1) is 6.92 Å².